The molecule has 218 valence electrons. The molecule has 11 nitrogen and oxygen atoms in total. The van der Waals surface area contributed by atoms with E-state index in [0.29, 0.717) is 19.3 Å². The van der Waals surface area contributed by atoms with Gasteiger partial charge in [-0.2, -0.15) is 18.3 Å². The van der Waals surface area contributed by atoms with Crippen LogP contribution in [-0.2, 0) is 15.7 Å². The predicted octanol–water partition coefficient (Wildman–Crippen LogP) is 5.24. The number of nitrogens with one attached hydrogen (secondary N) is 3. The topological polar surface area (TPSA) is 155 Å². The van der Waals surface area contributed by atoms with E-state index >= 15 is 0 Å². The number of ether oxygens (including phenoxy) is 1. The quantitative estimate of drug-likeness (QED) is 0.232. The van der Waals surface area contributed by atoms with Gasteiger partial charge >= 0.3 is 12.3 Å². The van der Waals surface area contributed by atoms with E-state index in [2.05, 4.69) is 31.0 Å². The number of benzene rings is 1. The molecule has 0 aliphatic heterocycles. The second kappa shape index (κ2) is 12.9. The number of hydrogen-bond acceptors (Lipinski definition) is 8. The van der Waals surface area contributed by atoms with Crippen molar-refractivity contribution in [3.05, 3.63) is 48.0 Å². The van der Waals surface area contributed by atoms with E-state index in [-0.39, 0.29) is 23.2 Å². The number of H-pyrrole nitrogens is 1. The Balaban J connectivity index is 1.77. The molecule has 0 spiro atoms. The van der Waals surface area contributed by atoms with Crippen molar-refractivity contribution in [3.63, 3.8) is 0 Å². The van der Waals surface area contributed by atoms with Crippen LogP contribution in [-0.4, -0.2) is 49.6 Å². The molecule has 3 atom stereocenters. The largest absolute Gasteiger partial charge is 0.436 e. The number of aromatic amines is 1. The van der Waals surface area contributed by atoms with Gasteiger partial charge in [-0.05, 0) is 37.1 Å². The number of halogens is 3. The third-order valence-electron chi connectivity index (χ3n) is 6.55. The van der Waals surface area contributed by atoms with Gasteiger partial charge < -0.3 is 24.9 Å². The average Bonchev–Trinajstić information content (AvgIpc) is 3.61. The van der Waals surface area contributed by atoms with Gasteiger partial charge in [0.15, 0.2) is 12.2 Å². The number of alkyl carbamates (subject to hydrolysis) is 1. The first-order valence-electron chi connectivity index (χ1n) is 12.8. The molecule has 0 radical (unpaired) electrons. The molecule has 3 aromatic rings. The zero-order chi connectivity index (χ0) is 29.5. The number of aromatic nitrogens is 4. The Labute approximate surface area is 228 Å². The highest BCUT2D eigenvalue weighted by Crippen LogP contribution is 2.40. The molecule has 1 aromatic carbocycles. The standard InChI is InChI=1S/C26H33F3N6O5/c1-5-7-8-17(19(36)21(37)32-18-13-14-30-33-18)31-24(38)39-20(25(3,4)6-2)23-35-34-22(40-23)15-9-11-16(12-10-15)26(27,28)29/h9-14,17,19-20,36H,5-8H2,1-4H3,(H,31,38)(H2,30,32,33,37)/t17-,19-,20-/m0/s1. The average molecular weight is 567 g/mol. The fourth-order valence-corrected chi connectivity index (χ4v) is 3.73. The minimum atomic E-state index is -4.49. The van der Waals surface area contributed by atoms with Gasteiger partial charge in [0.05, 0.1) is 17.8 Å². The molecule has 2 amide bonds. The number of unbranched alkanes of at least 4 members (excludes halogenated alkanes) is 1. The molecule has 2 heterocycles. The van der Waals surface area contributed by atoms with E-state index < -0.39 is 47.4 Å². The molecule has 40 heavy (non-hydrogen) atoms. The first-order valence-corrected chi connectivity index (χ1v) is 12.8. The molecule has 14 heteroatoms. The lowest BCUT2D eigenvalue weighted by atomic mass is 9.83. The maximum atomic E-state index is 13.0. The van der Waals surface area contributed by atoms with E-state index in [0.717, 1.165) is 18.6 Å². The summed E-state index contributed by atoms with van der Waals surface area (Å²) in [6.07, 6.45) is -4.42. The number of hydrogen-bond donors (Lipinski definition) is 4. The molecular weight excluding hydrogens is 533 g/mol. The van der Waals surface area contributed by atoms with Crippen molar-refractivity contribution in [3.8, 4) is 11.5 Å². The van der Waals surface area contributed by atoms with Crippen molar-refractivity contribution < 1.29 is 37.0 Å². The summed E-state index contributed by atoms with van der Waals surface area (Å²) >= 11 is 0. The van der Waals surface area contributed by atoms with Crippen molar-refractivity contribution >= 4 is 17.8 Å². The lowest BCUT2D eigenvalue weighted by Gasteiger charge is -2.31. The Hall–Kier alpha value is -3.94. The fraction of sp³-hybridized carbons (Fsp3) is 0.500. The number of carbonyl (C=O) groups is 2. The number of carbonyl (C=O) groups excluding carboxylic acids is 2. The second-order valence-corrected chi connectivity index (χ2v) is 9.95. The highest BCUT2D eigenvalue weighted by Gasteiger charge is 2.38. The Morgan fingerprint density at radius 3 is 2.40 bits per heavy atom. The van der Waals surface area contributed by atoms with Gasteiger partial charge in [0.25, 0.3) is 11.8 Å². The number of alkyl halides is 3. The van der Waals surface area contributed by atoms with E-state index in [9.17, 15) is 27.9 Å². The third-order valence-corrected chi connectivity index (χ3v) is 6.55. The number of rotatable bonds is 12. The maximum absolute atomic E-state index is 13.0. The summed E-state index contributed by atoms with van der Waals surface area (Å²) in [7, 11) is 0. The van der Waals surface area contributed by atoms with Gasteiger partial charge in [0.2, 0.25) is 5.89 Å². The van der Waals surface area contributed by atoms with Crippen molar-refractivity contribution in [2.75, 3.05) is 5.32 Å². The first-order chi connectivity index (χ1) is 18.9. The monoisotopic (exact) mass is 566 g/mol. The molecule has 2 aromatic heterocycles. The second-order valence-electron chi connectivity index (χ2n) is 9.95. The zero-order valence-corrected chi connectivity index (χ0v) is 22.6. The summed E-state index contributed by atoms with van der Waals surface area (Å²) in [5.74, 6) is -0.559. The van der Waals surface area contributed by atoms with E-state index in [4.69, 9.17) is 9.15 Å². The lowest BCUT2D eigenvalue weighted by molar-refractivity contribution is -0.137. The third kappa shape index (κ3) is 7.81. The zero-order valence-electron chi connectivity index (χ0n) is 22.6. The van der Waals surface area contributed by atoms with Crippen molar-refractivity contribution in [2.45, 2.75) is 77.8 Å². The Morgan fingerprint density at radius 1 is 1.12 bits per heavy atom. The highest BCUT2D eigenvalue weighted by atomic mass is 19.4. The summed E-state index contributed by atoms with van der Waals surface area (Å²) < 4.78 is 50.2. The highest BCUT2D eigenvalue weighted by molar-refractivity contribution is 5.94. The summed E-state index contributed by atoms with van der Waals surface area (Å²) in [5.41, 5.74) is -1.26. The molecule has 0 bridgehead atoms. The molecule has 0 aliphatic carbocycles. The van der Waals surface area contributed by atoms with Crippen LogP contribution in [0.1, 0.15) is 70.9 Å². The fourth-order valence-electron chi connectivity index (χ4n) is 3.73. The van der Waals surface area contributed by atoms with Crippen LogP contribution < -0.4 is 10.6 Å². The minimum absolute atomic E-state index is 0.0450. The Bertz CT molecular complexity index is 1240. The smallest absolute Gasteiger partial charge is 0.416 e. The Morgan fingerprint density at radius 2 is 1.82 bits per heavy atom. The van der Waals surface area contributed by atoms with E-state index in [1.165, 1.54) is 24.4 Å². The van der Waals surface area contributed by atoms with Crippen LogP contribution in [0.5, 0.6) is 0 Å². The number of anilines is 1. The van der Waals surface area contributed by atoms with Crippen LogP contribution in [0.2, 0.25) is 0 Å². The number of amides is 2. The van der Waals surface area contributed by atoms with Crippen LogP contribution >= 0.6 is 0 Å². The Kier molecular flexibility index (Phi) is 9.90. The maximum Gasteiger partial charge on any atom is 0.416 e. The lowest BCUT2D eigenvalue weighted by Crippen LogP contribution is -2.49. The SMILES string of the molecule is CCCC[C@H](NC(=O)O[C@@H](c1nnc(-c2ccc(C(F)(F)F)cc2)o1)C(C)(C)CC)[C@H](O)C(=O)Nc1ccn[nH]1. The predicted molar refractivity (Wildman–Crippen MR) is 138 cm³/mol. The molecule has 0 unspecified atom stereocenters. The van der Waals surface area contributed by atoms with Crippen LogP contribution in [0.15, 0.2) is 40.9 Å². The van der Waals surface area contributed by atoms with Gasteiger partial charge in [-0.25, -0.2) is 4.79 Å². The van der Waals surface area contributed by atoms with Crippen LogP contribution in [0, 0.1) is 5.41 Å². The van der Waals surface area contributed by atoms with Crippen LogP contribution in [0.4, 0.5) is 23.8 Å². The van der Waals surface area contributed by atoms with Crippen molar-refractivity contribution in [1.29, 1.82) is 0 Å². The molecule has 3 rings (SSSR count). The molecule has 0 saturated heterocycles. The van der Waals surface area contributed by atoms with Gasteiger partial charge in [0, 0.05) is 17.0 Å². The molecule has 0 aliphatic rings. The molecule has 0 fully saturated rings. The summed E-state index contributed by atoms with van der Waals surface area (Å²) in [5, 5.41) is 30.0. The first kappa shape index (κ1) is 30.6. The van der Waals surface area contributed by atoms with Gasteiger partial charge in [0.1, 0.15) is 5.82 Å². The summed E-state index contributed by atoms with van der Waals surface area (Å²) in [6.45, 7) is 7.42. The summed E-state index contributed by atoms with van der Waals surface area (Å²) in [4.78, 5) is 25.6. The van der Waals surface area contributed by atoms with Gasteiger partial charge in [-0.1, -0.05) is 40.5 Å². The normalized spacial score (nSPS) is 14.3. The summed E-state index contributed by atoms with van der Waals surface area (Å²) in [6, 6.07) is 4.77. The van der Waals surface area contributed by atoms with Gasteiger partial charge in [-0.3, -0.25) is 9.89 Å². The minimum Gasteiger partial charge on any atom is -0.436 e. The number of aliphatic hydroxyl groups excluding tert-OH is 1. The van der Waals surface area contributed by atoms with Crippen LogP contribution in [0.3, 0.4) is 0 Å². The number of aliphatic hydroxyl groups is 1. The van der Waals surface area contributed by atoms with Crippen LogP contribution in [0.25, 0.3) is 11.5 Å². The van der Waals surface area contributed by atoms with Crippen molar-refractivity contribution in [1.82, 2.24) is 25.7 Å². The van der Waals surface area contributed by atoms with Gasteiger partial charge in [-0.15, -0.1) is 10.2 Å². The molecular formula is C26H33F3N6O5. The molecule has 0 saturated carbocycles. The van der Waals surface area contributed by atoms with Crippen molar-refractivity contribution in [2.24, 2.45) is 5.41 Å². The number of nitrogens with zero attached hydrogens (tertiary/aromatic N) is 3. The van der Waals surface area contributed by atoms with E-state index in [1.807, 2.05) is 27.7 Å². The molecule has 4 N–H and O–H groups in total. The van der Waals surface area contributed by atoms with E-state index in [1.54, 1.807) is 0 Å².